The van der Waals surface area contributed by atoms with E-state index in [-0.39, 0.29) is 17.8 Å². The number of fused-ring (bicyclic) bond motifs is 1. The molecule has 0 saturated carbocycles. The quantitative estimate of drug-likeness (QED) is 0.563. The largest absolute Gasteiger partial charge is 0.353 e. The first kappa shape index (κ1) is 7.79. The lowest BCUT2D eigenvalue weighted by Crippen LogP contribution is -2.26. The molecule has 4 nitrogen and oxygen atoms in total. The molecule has 2 N–H and O–H groups in total. The fraction of sp³-hybridized carbons (Fsp3) is 0.111. The van der Waals surface area contributed by atoms with Crippen LogP contribution >= 0.6 is 0 Å². The van der Waals surface area contributed by atoms with Crippen molar-refractivity contribution in [3.05, 3.63) is 40.5 Å². The Kier molecular flexibility index (Phi) is 1.55. The van der Waals surface area contributed by atoms with E-state index in [1.54, 1.807) is 6.07 Å². The second-order valence-electron chi connectivity index (χ2n) is 2.90. The van der Waals surface area contributed by atoms with Gasteiger partial charge in [-0.3, -0.25) is 9.59 Å². The molecular weight excluding hydrogens is 168 g/mol. The molecule has 0 atom stereocenters. The summed E-state index contributed by atoms with van der Waals surface area (Å²) in [4.78, 5) is 25.0. The molecule has 13 heavy (non-hydrogen) atoms. The third-order valence-electron chi connectivity index (χ3n) is 2.02. The molecule has 0 spiro atoms. The van der Waals surface area contributed by atoms with E-state index in [0.717, 1.165) is 0 Å². The van der Waals surface area contributed by atoms with Gasteiger partial charge in [0.25, 0.3) is 5.56 Å². The average Bonchev–Trinajstić information content (AvgIpc) is 2.09. The van der Waals surface area contributed by atoms with E-state index in [0.29, 0.717) is 16.9 Å². The van der Waals surface area contributed by atoms with E-state index >= 15 is 0 Å². The number of pyridine rings is 1. The van der Waals surface area contributed by atoms with Gasteiger partial charge < -0.3 is 10.3 Å². The molecule has 0 radical (unpaired) electrons. The van der Waals surface area contributed by atoms with Crippen LogP contribution in [0.15, 0.2) is 29.3 Å². The molecule has 66 valence electrons. The number of anilines is 1. The number of rotatable bonds is 0. The predicted octanol–water partition coefficient (Wildman–Crippen LogP) is 0.426. The van der Waals surface area contributed by atoms with Gasteiger partial charge in [-0.2, -0.15) is 0 Å². The molecule has 0 aliphatic carbocycles. The number of hydrogen-bond donors (Lipinski definition) is 2. The Balaban J connectivity index is 2.60. The number of hydrogen-bond acceptors (Lipinski definition) is 3. The summed E-state index contributed by atoms with van der Waals surface area (Å²) in [7, 11) is 0. The second kappa shape index (κ2) is 2.58. The lowest BCUT2D eigenvalue weighted by atomic mass is 10.0. The molecule has 0 unspecified atom stereocenters. The molecule has 1 aromatic rings. The highest BCUT2D eigenvalue weighted by Gasteiger charge is 2.20. The molecule has 0 aromatic carbocycles. The summed E-state index contributed by atoms with van der Waals surface area (Å²) >= 11 is 0. The van der Waals surface area contributed by atoms with Gasteiger partial charge in [-0.1, -0.05) is 6.58 Å². The predicted molar refractivity (Wildman–Crippen MR) is 48.5 cm³/mol. The highest BCUT2D eigenvalue weighted by molar-refractivity contribution is 6.02. The number of carbonyl (C=O) groups is 1. The van der Waals surface area contributed by atoms with Crippen molar-refractivity contribution < 1.29 is 4.79 Å². The Hall–Kier alpha value is -1.84. The summed E-state index contributed by atoms with van der Waals surface area (Å²) in [5, 5.41) is 2.79. The molecule has 1 aromatic heterocycles. The van der Waals surface area contributed by atoms with Crippen LogP contribution in [0, 0.1) is 0 Å². The smallest absolute Gasteiger partial charge is 0.253 e. The maximum absolute atomic E-state index is 11.2. The zero-order chi connectivity index (χ0) is 9.42. The Morgan fingerprint density at radius 3 is 2.92 bits per heavy atom. The number of carbonyl (C=O) groups excluding carboxylic acids is 1. The first-order valence-electron chi connectivity index (χ1n) is 3.88. The van der Waals surface area contributed by atoms with Crippen molar-refractivity contribution in [2.75, 3.05) is 5.32 Å². The lowest BCUT2D eigenvalue weighted by Gasteiger charge is -2.17. The van der Waals surface area contributed by atoms with Crippen LogP contribution in [0.25, 0.3) is 0 Å². The van der Waals surface area contributed by atoms with Crippen molar-refractivity contribution in [3.63, 3.8) is 0 Å². The summed E-state index contributed by atoms with van der Waals surface area (Å²) in [5.41, 5.74) is 1.29. The van der Waals surface area contributed by atoms with E-state index in [9.17, 15) is 9.59 Å². The Labute approximate surface area is 74.3 Å². The van der Waals surface area contributed by atoms with Crippen LogP contribution in [0.1, 0.15) is 5.56 Å². The summed E-state index contributed by atoms with van der Waals surface area (Å²) in [5.74, 6) is -0.135. The third-order valence-corrected chi connectivity index (χ3v) is 2.02. The van der Waals surface area contributed by atoms with Gasteiger partial charge in [-0.05, 0) is 6.07 Å². The lowest BCUT2D eigenvalue weighted by molar-refractivity contribution is -0.115. The van der Waals surface area contributed by atoms with E-state index < -0.39 is 0 Å². The Morgan fingerprint density at radius 1 is 1.38 bits per heavy atom. The first-order chi connectivity index (χ1) is 6.18. The van der Waals surface area contributed by atoms with Gasteiger partial charge in [0.15, 0.2) is 5.78 Å². The maximum atomic E-state index is 11.2. The summed E-state index contributed by atoms with van der Waals surface area (Å²) in [6.45, 7) is 3.55. The van der Waals surface area contributed by atoms with Crippen molar-refractivity contribution >= 4 is 11.5 Å². The fourth-order valence-corrected chi connectivity index (χ4v) is 1.30. The van der Waals surface area contributed by atoms with Gasteiger partial charge in [0, 0.05) is 23.9 Å². The van der Waals surface area contributed by atoms with Crippen molar-refractivity contribution in [1.82, 2.24) is 4.98 Å². The van der Waals surface area contributed by atoms with Crippen molar-refractivity contribution in [1.29, 1.82) is 0 Å². The van der Waals surface area contributed by atoms with E-state index in [4.69, 9.17) is 0 Å². The van der Waals surface area contributed by atoms with Crippen LogP contribution < -0.4 is 10.9 Å². The maximum Gasteiger partial charge on any atom is 0.253 e. The van der Waals surface area contributed by atoms with E-state index in [1.165, 1.54) is 6.20 Å². The standard InChI is InChI=1S/C9H8N2O2/c1-5-8(12)4-6-7(11-5)2-3-10-9(6)13/h2-3,11H,1,4H2,(H,10,13). The normalized spacial score (nSPS) is 15.1. The highest BCUT2D eigenvalue weighted by atomic mass is 16.1. The number of aromatic amines is 1. The third kappa shape index (κ3) is 1.16. The first-order valence-corrected chi connectivity index (χ1v) is 3.88. The van der Waals surface area contributed by atoms with Crippen LogP contribution in [0.5, 0.6) is 0 Å². The van der Waals surface area contributed by atoms with Crippen LogP contribution in [0.4, 0.5) is 5.69 Å². The molecule has 4 heteroatoms. The monoisotopic (exact) mass is 176 g/mol. The second-order valence-corrected chi connectivity index (χ2v) is 2.90. The minimum Gasteiger partial charge on any atom is -0.353 e. The van der Waals surface area contributed by atoms with Gasteiger partial charge in [0.2, 0.25) is 0 Å². The summed E-state index contributed by atoms with van der Waals surface area (Å²) in [6.07, 6.45) is 1.68. The molecule has 2 heterocycles. The minimum absolute atomic E-state index is 0.135. The van der Waals surface area contributed by atoms with Crippen molar-refractivity contribution in [2.24, 2.45) is 0 Å². The van der Waals surface area contributed by atoms with Crippen LogP contribution in [-0.4, -0.2) is 10.8 Å². The van der Waals surface area contributed by atoms with Crippen LogP contribution in [0.3, 0.4) is 0 Å². The molecule has 0 amide bonds. The molecule has 1 aliphatic heterocycles. The molecule has 1 aliphatic rings. The Bertz CT molecular complexity index is 445. The number of nitrogens with one attached hydrogen (secondary N) is 2. The van der Waals surface area contributed by atoms with Crippen LogP contribution in [0.2, 0.25) is 0 Å². The van der Waals surface area contributed by atoms with Gasteiger partial charge in [-0.15, -0.1) is 0 Å². The molecule has 0 bridgehead atoms. The van der Waals surface area contributed by atoms with E-state index in [2.05, 4.69) is 16.9 Å². The van der Waals surface area contributed by atoms with Gasteiger partial charge >= 0.3 is 0 Å². The highest BCUT2D eigenvalue weighted by Crippen LogP contribution is 2.19. The number of aromatic nitrogens is 1. The fourth-order valence-electron chi connectivity index (χ4n) is 1.30. The molecule has 2 rings (SSSR count). The zero-order valence-electron chi connectivity index (χ0n) is 6.89. The molecular formula is C9H8N2O2. The number of H-pyrrole nitrogens is 1. The van der Waals surface area contributed by atoms with Crippen molar-refractivity contribution in [2.45, 2.75) is 6.42 Å². The van der Waals surface area contributed by atoms with Gasteiger partial charge in [0.05, 0.1) is 5.70 Å². The van der Waals surface area contributed by atoms with Gasteiger partial charge in [-0.25, -0.2) is 0 Å². The summed E-state index contributed by atoms with van der Waals surface area (Å²) < 4.78 is 0. The topological polar surface area (TPSA) is 62.0 Å². The van der Waals surface area contributed by atoms with Crippen LogP contribution in [-0.2, 0) is 11.2 Å². The van der Waals surface area contributed by atoms with Crippen molar-refractivity contribution in [3.8, 4) is 0 Å². The number of ketones is 1. The Morgan fingerprint density at radius 2 is 2.15 bits per heavy atom. The molecule has 0 fully saturated rings. The SMILES string of the molecule is C=C1Nc2cc[nH]c(=O)c2CC1=O. The summed E-state index contributed by atoms with van der Waals surface area (Å²) in [6, 6.07) is 1.72. The average molecular weight is 176 g/mol. The zero-order valence-corrected chi connectivity index (χ0v) is 6.89. The number of Topliss-reactive ketones (excluding diaryl/α,β-unsaturated/α-hetero) is 1. The minimum atomic E-state index is -0.217. The number of allylic oxidation sites excluding steroid dienone is 1. The molecule has 0 saturated heterocycles. The van der Waals surface area contributed by atoms with Gasteiger partial charge in [0.1, 0.15) is 0 Å². The van der Waals surface area contributed by atoms with E-state index in [1.807, 2.05) is 0 Å².